The predicted molar refractivity (Wildman–Crippen MR) is 67.1 cm³/mol. The molecule has 0 aliphatic heterocycles. The molecule has 0 heterocycles. The number of benzene rings is 1. The number of nitrogens with zero attached hydrogens (tertiary/aromatic N) is 3. The van der Waals surface area contributed by atoms with Crippen LogP contribution in [0.15, 0.2) is 18.2 Å². The standard InChI is InChI=1S/C14H17N3/c1-11-8-13(9-16)4-5-14(11)10-17(3)12(2)6-7-15/h4-5,8,12H,6,10H2,1-3H3. The van der Waals surface area contributed by atoms with E-state index in [4.69, 9.17) is 10.5 Å². The molecule has 0 N–H and O–H groups in total. The van der Waals surface area contributed by atoms with Crippen molar-refractivity contribution < 1.29 is 0 Å². The van der Waals surface area contributed by atoms with E-state index in [-0.39, 0.29) is 6.04 Å². The van der Waals surface area contributed by atoms with E-state index in [0.717, 1.165) is 12.1 Å². The fourth-order valence-electron chi connectivity index (χ4n) is 1.66. The Kier molecular flexibility index (Phi) is 4.69. The minimum atomic E-state index is 0.245. The van der Waals surface area contributed by atoms with Crippen LogP contribution >= 0.6 is 0 Å². The van der Waals surface area contributed by atoms with Crippen LogP contribution in [0.1, 0.15) is 30.0 Å². The minimum absolute atomic E-state index is 0.245. The molecule has 1 aromatic carbocycles. The van der Waals surface area contributed by atoms with Gasteiger partial charge in [0.2, 0.25) is 0 Å². The quantitative estimate of drug-likeness (QED) is 0.794. The van der Waals surface area contributed by atoms with Crippen LogP contribution in [0.4, 0.5) is 0 Å². The highest BCUT2D eigenvalue weighted by atomic mass is 15.1. The molecule has 0 aromatic heterocycles. The van der Waals surface area contributed by atoms with Crippen molar-refractivity contribution in [2.45, 2.75) is 32.9 Å². The van der Waals surface area contributed by atoms with Gasteiger partial charge in [0, 0.05) is 12.6 Å². The van der Waals surface area contributed by atoms with Crippen LogP contribution in [0.2, 0.25) is 0 Å². The molecule has 17 heavy (non-hydrogen) atoms. The Bertz CT molecular complexity index is 465. The molecule has 0 bridgehead atoms. The van der Waals surface area contributed by atoms with Crippen molar-refractivity contribution in [1.29, 1.82) is 10.5 Å². The lowest BCUT2D eigenvalue weighted by Gasteiger charge is -2.23. The summed E-state index contributed by atoms with van der Waals surface area (Å²) < 4.78 is 0. The molecule has 0 spiro atoms. The Hall–Kier alpha value is -1.84. The molecular weight excluding hydrogens is 210 g/mol. The summed E-state index contributed by atoms with van der Waals surface area (Å²) in [5.74, 6) is 0. The summed E-state index contributed by atoms with van der Waals surface area (Å²) in [5, 5.41) is 17.5. The highest BCUT2D eigenvalue weighted by Crippen LogP contribution is 2.14. The van der Waals surface area contributed by atoms with E-state index in [1.54, 1.807) is 0 Å². The molecule has 88 valence electrons. The molecule has 1 unspecified atom stereocenters. The van der Waals surface area contributed by atoms with Crippen LogP contribution in [0.25, 0.3) is 0 Å². The van der Waals surface area contributed by atoms with Crippen LogP contribution in [0.5, 0.6) is 0 Å². The van der Waals surface area contributed by atoms with E-state index >= 15 is 0 Å². The lowest BCUT2D eigenvalue weighted by molar-refractivity contribution is 0.252. The fourth-order valence-corrected chi connectivity index (χ4v) is 1.66. The molecule has 0 amide bonds. The van der Waals surface area contributed by atoms with Gasteiger partial charge >= 0.3 is 0 Å². The Balaban J connectivity index is 2.76. The molecule has 0 radical (unpaired) electrons. The number of rotatable bonds is 4. The maximum absolute atomic E-state index is 8.80. The number of hydrogen-bond acceptors (Lipinski definition) is 3. The summed E-state index contributed by atoms with van der Waals surface area (Å²) in [5.41, 5.74) is 3.02. The van der Waals surface area contributed by atoms with Crippen LogP contribution in [-0.4, -0.2) is 18.0 Å². The zero-order valence-electron chi connectivity index (χ0n) is 10.6. The lowest BCUT2D eigenvalue weighted by atomic mass is 10.0. The zero-order valence-corrected chi connectivity index (χ0v) is 10.6. The molecule has 1 aromatic rings. The first-order valence-electron chi connectivity index (χ1n) is 5.65. The summed E-state index contributed by atoms with van der Waals surface area (Å²) in [6.45, 7) is 4.86. The zero-order chi connectivity index (χ0) is 12.8. The SMILES string of the molecule is Cc1cc(C#N)ccc1CN(C)C(C)CC#N. The maximum atomic E-state index is 8.80. The van der Waals surface area contributed by atoms with Crippen molar-refractivity contribution in [1.82, 2.24) is 4.90 Å². The van der Waals surface area contributed by atoms with E-state index < -0.39 is 0 Å². The summed E-state index contributed by atoms with van der Waals surface area (Å²) in [6, 6.07) is 10.3. The second-order valence-electron chi connectivity index (χ2n) is 4.38. The molecule has 1 atom stereocenters. The topological polar surface area (TPSA) is 50.8 Å². The molecule has 0 saturated heterocycles. The van der Waals surface area contributed by atoms with Gasteiger partial charge in [-0.15, -0.1) is 0 Å². The van der Waals surface area contributed by atoms with Gasteiger partial charge in [0.25, 0.3) is 0 Å². The largest absolute Gasteiger partial charge is 0.298 e. The molecule has 0 saturated carbocycles. The van der Waals surface area contributed by atoms with Gasteiger partial charge in [-0.05, 0) is 44.2 Å². The molecule has 0 aliphatic carbocycles. The highest BCUT2D eigenvalue weighted by molar-refractivity contribution is 5.37. The van der Waals surface area contributed by atoms with Gasteiger partial charge in [-0.25, -0.2) is 0 Å². The highest BCUT2D eigenvalue weighted by Gasteiger charge is 2.10. The first-order valence-corrected chi connectivity index (χ1v) is 5.65. The monoisotopic (exact) mass is 227 g/mol. The van der Waals surface area contributed by atoms with E-state index in [1.165, 1.54) is 5.56 Å². The van der Waals surface area contributed by atoms with Gasteiger partial charge in [0.1, 0.15) is 0 Å². The van der Waals surface area contributed by atoms with Crippen LogP contribution in [0, 0.1) is 29.6 Å². The van der Waals surface area contributed by atoms with Crippen LogP contribution < -0.4 is 0 Å². The lowest BCUT2D eigenvalue weighted by Crippen LogP contribution is -2.28. The normalized spacial score (nSPS) is 11.9. The summed E-state index contributed by atoms with van der Waals surface area (Å²) in [4.78, 5) is 2.15. The van der Waals surface area contributed by atoms with Crippen molar-refractivity contribution >= 4 is 0 Å². The molecular formula is C14H17N3. The Morgan fingerprint density at radius 2 is 2.06 bits per heavy atom. The molecule has 0 fully saturated rings. The Labute approximate surface area is 103 Å². The van der Waals surface area contributed by atoms with E-state index in [9.17, 15) is 0 Å². The van der Waals surface area contributed by atoms with Crippen molar-refractivity contribution in [3.8, 4) is 12.1 Å². The molecule has 3 heteroatoms. The van der Waals surface area contributed by atoms with Crippen LogP contribution in [-0.2, 0) is 6.54 Å². The third-order valence-electron chi connectivity index (χ3n) is 3.03. The first-order chi connectivity index (χ1) is 8.08. The minimum Gasteiger partial charge on any atom is -0.298 e. The smallest absolute Gasteiger partial charge is 0.0991 e. The van der Waals surface area contributed by atoms with E-state index in [0.29, 0.717) is 12.0 Å². The van der Waals surface area contributed by atoms with Crippen molar-refractivity contribution in [2.75, 3.05) is 7.05 Å². The predicted octanol–water partition coefficient (Wildman–Crippen LogP) is 2.60. The third-order valence-corrected chi connectivity index (χ3v) is 3.03. The van der Waals surface area contributed by atoms with Gasteiger partial charge in [0.05, 0.1) is 24.1 Å². The summed E-state index contributed by atoms with van der Waals surface area (Å²) >= 11 is 0. The average Bonchev–Trinajstić information content (AvgIpc) is 2.31. The van der Waals surface area contributed by atoms with Crippen molar-refractivity contribution in [3.63, 3.8) is 0 Å². The van der Waals surface area contributed by atoms with Gasteiger partial charge < -0.3 is 0 Å². The Morgan fingerprint density at radius 3 is 2.59 bits per heavy atom. The number of nitriles is 2. The van der Waals surface area contributed by atoms with E-state index in [2.05, 4.69) is 17.0 Å². The fraction of sp³-hybridized carbons (Fsp3) is 0.429. The van der Waals surface area contributed by atoms with Crippen LogP contribution in [0.3, 0.4) is 0 Å². The molecule has 0 aliphatic rings. The van der Waals surface area contributed by atoms with Crippen molar-refractivity contribution in [2.24, 2.45) is 0 Å². The second-order valence-corrected chi connectivity index (χ2v) is 4.38. The van der Waals surface area contributed by atoms with Gasteiger partial charge in [-0.2, -0.15) is 10.5 Å². The maximum Gasteiger partial charge on any atom is 0.0991 e. The summed E-state index contributed by atoms with van der Waals surface area (Å²) in [7, 11) is 2.01. The third kappa shape index (κ3) is 3.59. The Morgan fingerprint density at radius 1 is 1.35 bits per heavy atom. The average molecular weight is 227 g/mol. The number of hydrogen-bond donors (Lipinski definition) is 0. The van der Waals surface area contributed by atoms with Gasteiger partial charge in [-0.1, -0.05) is 6.07 Å². The first kappa shape index (κ1) is 13.2. The second kappa shape index (κ2) is 6.03. The summed E-state index contributed by atoms with van der Waals surface area (Å²) in [6.07, 6.45) is 0.534. The van der Waals surface area contributed by atoms with Crippen molar-refractivity contribution in [3.05, 3.63) is 34.9 Å². The van der Waals surface area contributed by atoms with E-state index in [1.807, 2.05) is 39.1 Å². The molecule has 3 nitrogen and oxygen atoms in total. The number of aryl methyl sites for hydroxylation is 1. The molecule has 1 rings (SSSR count). The van der Waals surface area contributed by atoms with Gasteiger partial charge in [0.15, 0.2) is 0 Å². The van der Waals surface area contributed by atoms with Gasteiger partial charge in [-0.3, -0.25) is 4.90 Å².